The van der Waals surface area contributed by atoms with Crippen LogP contribution in [0.5, 0.6) is 17.2 Å². The topological polar surface area (TPSA) is 83.1 Å². The lowest BCUT2D eigenvalue weighted by molar-refractivity contribution is -0.144. The van der Waals surface area contributed by atoms with Crippen molar-refractivity contribution in [3.8, 4) is 29.1 Å². The molecule has 1 heterocycles. The van der Waals surface area contributed by atoms with Crippen LogP contribution in [0, 0.1) is 11.8 Å². The molecule has 0 spiro atoms. The quantitative estimate of drug-likeness (QED) is 0.597. The van der Waals surface area contributed by atoms with Crippen molar-refractivity contribution < 1.29 is 28.5 Å². The monoisotopic (exact) mass is 333 g/mol. The van der Waals surface area contributed by atoms with E-state index in [0.29, 0.717) is 23.9 Å². The Morgan fingerprint density at radius 2 is 2.04 bits per heavy atom. The van der Waals surface area contributed by atoms with Gasteiger partial charge < -0.3 is 24.3 Å². The van der Waals surface area contributed by atoms with Crippen LogP contribution in [-0.2, 0) is 14.3 Å². The maximum atomic E-state index is 11.5. The van der Waals surface area contributed by atoms with Crippen LogP contribution in [0.3, 0.4) is 0 Å². The zero-order chi connectivity index (χ0) is 17.2. The average molecular weight is 333 g/mol. The first kappa shape index (κ1) is 17.5. The van der Waals surface area contributed by atoms with Gasteiger partial charge in [0, 0.05) is 12.5 Å². The Kier molecular flexibility index (Phi) is 6.77. The zero-order valence-electron chi connectivity index (χ0n) is 13.4. The van der Waals surface area contributed by atoms with E-state index in [1.54, 1.807) is 25.1 Å². The summed E-state index contributed by atoms with van der Waals surface area (Å²) < 4.78 is 20.7. The first-order chi connectivity index (χ1) is 11.7. The normalized spacial score (nSPS) is 11.2. The Bertz CT molecular complexity index is 646. The molecular formula is C17H19NO6. The molecule has 1 aliphatic rings. The van der Waals surface area contributed by atoms with Gasteiger partial charge in [0.25, 0.3) is 0 Å². The van der Waals surface area contributed by atoms with E-state index in [4.69, 9.17) is 18.9 Å². The van der Waals surface area contributed by atoms with Crippen LogP contribution in [0.2, 0.25) is 0 Å². The van der Waals surface area contributed by atoms with Crippen molar-refractivity contribution in [2.24, 2.45) is 0 Å². The highest BCUT2D eigenvalue weighted by Crippen LogP contribution is 2.34. The van der Waals surface area contributed by atoms with Crippen molar-refractivity contribution in [2.45, 2.75) is 19.8 Å². The van der Waals surface area contributed by atoms with Crippen LogP contribution in [0.4, 0.5) is 0 Å². The zero-order valence-corrected chi connectivity index (χ0v) is 13.4. The second-order valence-electron chi connectivity index (χ2n) is 4.74. The van der Waals surface area contributed by atoms with Crippen molar-refractivity contribution in [1.29, 1.82) is 0 Å². The largest absolute Gasteiger partial charge is 0.481 e. The number of carbonyl (C=O) groups excluding carboxylic acids is 2. The molecule has 0 aromatic heterocycles. The molecule has 1 aliphatic heterocycles. The number of rotatable bonds is 7. The Morgan fingerprint density at radius 1 is 1.21 bits per heavy atom. The number of hydrogen-bond donors (Lipinski definition) is 1. The van der Waals surface area contributed by atoms with Gasteiger partial charge in [0.2, 0.25) is 12.7 Å². The van der Waals surface area contributed by atoms with Crippen LogP contribution >= 0.6 is 0 Å². The minimum absolute atomic E-state index is 0.0698. The molecule has 1 amide bonds. The average Bonchev–Trinajstić information content (AvgIpc) is 3.04. The number of ether oxygens (including phenoxy) is 4. The summed E-state index contributed by atoms with van der Waals surface area (Å²) >= 11 is 0. The van der Waals surface area contributed by atoms with Gasteiger partial charge in [-0.2, -0.15) is 0 Å². The summed E-state index contributed by atoms with van der Waals surface area (Å²) in [5, 5.41) is 2.60. The molecule has 7 nitrogen and oxygen atoms in total. The standard InChI is InChI=1S/C17H19NO6/c1-2-21-17(20)8-7-16(19)18-9-3-4-10-22-13-5-6-14-15(11-13)24-12-23-14/h5-6,11H,2,7-10,12H2,1H3,(H,18,19). The first-order valence-electron chi connectivity index (χ1n) is 7.59. The van der Waals surface area contributed by atoms with Crippen molar-refractivity contribution >= 4 is 11.9 Å². The molecular weight excluding hydrogens is 314 g/mol. The molecule has 0 atom stereocenters. The fraction of sp³-hybridized carbons (Fsp3) is 0.412. The Labute approximate surface area is 140 Å². The van der Waals surface area contributed by atoms with Crippen LogP contribution in [0.15, 0.2) is 18.2 Å². The lowest BCUT2D eigenvalue weighted by atomic mass is 10.3. The molecule has 1 N–H and O–H groups in total. The predicted octanol–water partition coefficient (Wildman–Crippen LogP) is 1.26. The van der Waals surface area contributed by atoms with E-state index in [1.807, 2.05) is 0 Å². The summed E-state index contributed by atoms with van der Waals surface area (Å²) in [4.78, 5) is 22.6. The third-order valence-corrected chi connectivity index (χ3v) is 3.02. The highest BCUT2D eigenvalue weighted by atomic mass is 16.7. The first-order valence-corrected chi connectivity index (χ1v) is 7.59. The van der Waals surface area contributed by atoms with Gasteiger partial charge in [0.05, 0.1) is 19.6 Å². The SMILES string of the molecule is CCOC(=O)CCC(=O)NCC#CCOc1ccc2c(c1)OCO2. The van der Waals surface area contributed by atoms with E-state index in [1.165, 1.54) is 0 Å². The fourth-order valence-electron chi connectivity index (χ4n) is 1.88. The minimum Gasteiger partial charge on any atom is -0.481 e. The van der Waals surface area contributed by atoms with Gasteiger partial charge in [-0.25, -0.2) is 0 Å². The third kappa shape index (κ3) is 5.72. The molecule has 0 radical (unpaired) electrons. The molecule has 24 heavy (non-hydrogen) atoms. The summed E-state index contributed by atoms with van der Waals surface area (Å²) in [5.74, 6) is 6.92. The molecule has 0 fully saturated rings. The van der Waals surface area contributed by atoms with E-state index in [-0.39, 0.29) is 44.7 Å². The fourth-order valence-corrected chi connectivity index (χ4v) is 1.88. The Morgan fingerprint density at radius 3 is 2.88 bits per heavy atom. The lowest BCUT2D eigenvalue weighted by Crippen LogP contribution is -2.24. The van der Waals surface area contributed by atoms with Gasteiger partial charge in [-0.05, 0) is 19.1 Å². The molecule has 1 aromatic carbocycles. The van der Waals surface area contributed by atoms with E-state index in [9.17, 15) is 9.59 Å². The summed E-state index contributed by atoms with van der Waals surface area (Å²) in [6, 6.07) is 5.28. The van der Waals surface area contributed by atoms with E-state index in [0.717, 1.165) is 0 Å². The summed E-state index contributed by atoms with van der Waals surface area (Å²) in [5.41, 5.74) is 0. The molecule has 0 bridgehead atoms. The Balaban J connectivity index is 1.60. The van der Waals surface area contributed by atoms with Gasteiger partial charge in [0.15, 0.2) is 11.5 Å². The molecule has 0 aliphatic carbocycles. The van der Waals surface area contributed by atoms with Crippen LogP contribution in [0.25, 0.3) is 0 Å². The molecule has 0 saturated carbocycles. The highest BCUT2D eigenvalue weighted by Gasteiger charge is 2.13. The van der Waals surface area contributed by atoms with Gasteiger partial charge in [0.1, 0.15) is 12.4 Å². The van der Waals surface area contributed by atoms with Gasteiger partial charge in [-0.1, -0.05) is 11.8 Å². The van der Waals surface area contributed by atoms with Crippen molar-refractivity contribution in [3.63, 3.8) is 0 Å². The molecule has 2 rings (SSSR count). The smallest absolute Gasteiger partial charge is 0.306 e. The second-order valence-corrected chi connectivity index (χ2v) is 4.74. The maximum absolute atomic E-state index is 11.5. The van der Waals surface area contributed by atoms with E-state index >= 15 is 0 Å². The lowest BCUT2D eigenvalue weighted by Gasteiger charge is -2.03. The molecule has 1 aromatic rings. The number of carbonyl (C=O) groups is 2. The van der Waals surface area contributed by atoms with Gasteiger partial charge >= 0.3 is 5.97 Å². The van der Waals surface area contributed by atoms with Crippen LogP contribution in [0.1, 0.15) is 19.8 Å². The molecule has 128 valence electrons. The molecule has 0 unspecified atom stereocenters. The predicted molar refractivity (Wildman–Crippen MR) is 84.7 cm³/mol. The maximum Gasteiger partial charge on any atom is 0.306 e. The number of nitrogens with one attached hydrogen (secondary N) is 1. The number of esters is 1. The van der Waals surface area contributed by atoms with Crippen LogP contribution < -0.4 is 19.5 Å². The second kappa shape index (κ2) is 9.30. The summed E-state index contributed by atoms with van der Waals surface area (Å²) in [7, 11) is 0. The summed E-state index contributed by atoms with van der Waals surface area (Å²) in [6.45, 7) is 2.65. The molecule has 7 heteroatoms. The third-order valence-electron chi connectivity index (χ3n) is 3.02. The van der Waals surface area contributed by atoms with Crippen molar-refractivity contribution in [1.82, 2.24) is 5.32 Å². The number of benzene rings is 1. The highest BCUT2D eigenvalue weighted by molar-refractivity contribution is 5.81. The molecule has 0 saturated heterocycles. The minimum atomic E-state index is -0.379. The van der Waals surface area contributed by atoms with Crippen LogP contribution in [-0.4, -0.2) is 38.4 Å². The van der Waals surface area contributed by atoms with Gasteiger partial charge in [-0.3, -0.25) is 9.59 Å². The van der Waals surface area contributed by atoms with Gasteiger partial charge in [-0.15, -0.1) is 0 Å². The summed E-state index contributed by atoms with van der Waals surface area (Å²) in [6.07, 6.45) is 0.161. The van der Waals surface area contributed by atoms with E-state index in [2.05, 4.69) is 17.2 Å². The Hall–Kier alpha value is -2.88. The van der Waals surface area contributed by atoms with Crippen molar-refractivity contribution in [3.05, 3.63) is 18.2 Å². The van der Waals surface area contributed by atoms with E-state index < -0.39 is 0 Å². The number of fused-ring (bicyclic) bond motifs is 1. The number of hydrogen-bond acceptors (Lipinski definition) is 6. The number of amides is 1. The van der Waals surface area contributed by atoms with Crippen molar-refractivity contribution in [2.75, 3.05) is 26.6 Å².